The van der Waals surface area contributed by atoms with Crippen LogP contribution in [0.2, 0.25) is 0 Å². The first-order chi connectivity index (χ1) is 6.31. The number of nitrogens with zero attached hydrogens (tertiary/aromatic N) is 3. The van der Waals surface area contributed by atoms with Crippen molar-refractivity contribution in [3.8, 4) is 0 Å². The van der Waals surface area contributed by atoms with E-state index in [1.54, 1.807) is 6.07 Å². The molecule has 4 heteroatoms. The maximum atomic E-state index is 10.4. The zero-order valence-corrected chi connectivity index (χ0v) is 7.90. The number of anilines is 1. The summed E-state index contributed by atoms with van der Waals surface area (Å²) in [4.78, 5) is 20.4. The Morgan fingerprint density at radius 1 is 1.38 bits per heavy atom. The van der Waals surface area contributed by atoms with Crippen molar-refractivity contribution < 1.29 is 4.79 Å². The van der Waals surface area contributed by atoms with Gasteiger partial charge >= 0.3 is 0 Å². The SMILES string of the molecule is CCN(CC)c1cc(C=O)ncn1. The molecule has 0 saturated heterocycles. The van der Waals surface area contributed by atoms with Gasteiger partial charge in [0.05, 0.1) is 0 Å². The molecule has 0 aliphatic rings. The highest BCUT2D eigenvalue weighted by Gasteiger charge is 2.03. The lowest BCUT2D eigenvalue weighted by atomic mass is 10.4. The Morgan fingerprint density at radius 2 is 2.08 bits per heavy atom. The number of rotatable bonds is 4. The molecule has 0 spiro atoms. The molecule has 0 bridgehead atoms. The normalized spacial score (nSPS) is 9.69. The van der Waals surface area contributed by atoms with Gasteiger partial charge in [-0.1, -0.05) is 0 Å². The number of aldehydes is 1. The number of hydrogen-bond donors (Lipinski definition) is 0. The third-order valence-electron chi connectivity index (χ3n) is 1.88. The summed E-state index contributed by atoms with van der Waals surface area (Å²) in [6.07, 6.45) is 2.14. The van der Waals surface area contributed by atoms with Crippen molar-refractivity contribution in [1.29, 1.82) is 0 Å². The summed E-state index contributed by atoms with van der Waals surface area (Å²) < 4.78 is 0. The van der Waals surface area contributed by atoms with Crippen molar-refractivity contribution >= 4 is 12.1 Å². The summed E-state index contributed by atoms with van der Waals surface area (Å²) in [7, 11) is 0. The number of carbonyl (C=O) groups is 1. The maximum Gasteiger partial charge on any atom is 0.168 e. The molecule has 1 heterocycles. The van der Waals surface area contributed by atoms with Gasteiger partial charge in [-0.3, -0.25) is 4.79 Å². The fourth-order valence-electron chi connectivity index (χ4n) is 1.15. The molecule has 0 aliphatic carbocycles. The van der Waals surface area contributed by atoms with Crippen LogP contribution in [0.5, 0.6) is 0 Å². The van der Waals surface area contributed by atoms with Crippen LogP contribution in [-0.4, -0.2) is 29.3 Å². The van der Waals surface area contributed by atoms with Crippen LogP contribution < -0.4 is 4.90 Å². The van der Waals surface area contributed by atoms with Gasteiger partial charge in [0.1, 0.15) is 17.8 Å². The second-order valence-corrected chi connectivity index (χ2v) is 2.59. The first kappa shape index (κ1) is 9.64. The molecule has 0 N–H and O–H groups in total. The second kappa shape index (κ2) is 4.54. The van der Waals surface area contributed by atoms with E-state index in [1.807, 2.05) is 13.8 Å². The smallest absolute Gasteiger partial charge is 0.168 e. The Morgan fingerprint density at radius 3 is 2.62 bits per heavy atom. The highest BCUT2D eigenvalue weighted by molar-refractivity contribution is 5.73. The first-order valence-corrected chi connectivity index (χ1v) is 4.34. The Hall–Kier alpha value is -1.45. The fraction of sp³-hybridized carbons (Fsp3) is 0.444. The number of aromatic nitrogens is 2. The lowest BCUT2D eigenvalue weighted by Gasteiger charge is -2.19. The molecular formula is C9H13N3O. The lowest BCUT2D eigenvalue weighted by molar-refractivity contribution is 0.111. The molecule has 0 aromatic carbocycles. The zero-order chi connectivity index (χ0) is 9.68. The molecule has 4 nitrogen and oxygen atoms in total. The summed E-state index contributed by atoms with van der Waals surface area (Å²) in [6, 6.07) is 1.69. The van der Waals surface area contributed by atoms with Crippen molar-refractivity contribution in [3.63, 3.8) is 0 Å². The average Bonchev–Trinajstić information content (AvgIpc) is 2.20. The van der Waals surface area contributed by atoms with Crippen LogP contribution in [0.15, 0.2) is 12.4 Å². The van der Waals surface area contributed by atoms with Gasteiger partial charge in [0.25, 0.3) is 0 Å². The molecule has 13 heavy (non-hydrogen) atoms. The van der Waals surface area contributed by atoms with E-state index in [0.29, 0.717) is 5.69 Å². The van der Waals surface area contributed by atoms with Gasteiger partial charge in [-0.25, -0.2) is 9.97 Å². The van der Waals surface area contributed by atoms with Gasteiger partial charge in [0.15, 0.2) is 6.29 Å². The van der Waals surface area contributed by atoms with Crippen molar-refractivity contribution in [2.45, 2.75) is 13.8 Å². The van der Waals surface area contributed by atoms with Crippen LogP contribution in [0, 0.1) is 0 Å². The minimum atomic E-state index is 0.428. The highest BCUT2D eigenvalue weighted by atomic mass is 16.1. The standard InChI is InChI=1S/C9H13N3O/c1-3-12(4-2)9-5-8(6-13)10-7-11-9/h5-7H,3-4H2,1-2H3. The Labute approximate surface area is 77.6 Å². The molecule has 1 aromatic heterocycles. The van der Waals surface area contributed by atoms with Gasteiger partial charge in [0, 0.05) is 19.2 Å². The molecule has 0 saturated carbocycles. The van der Waals surface area contributed by atoms with Gasteiger partial charge in [-0.2, -0.15) is 0 Å². The molecule has 0 fully saturated rings. The molecule has 0 amide bonds. The molecule has 0 aliphatic heterocycles. The van der Waals surface area contributed by atoms with Crippen molar-refractivity contribution in [3.05, 3.63) is 18.1 Å². The predicted molar refractivity (Wildman–Crippen MR) is 51.0 cm³/mol. The molecule has 1 aromatic rings. The minimum absolute atomic E-state index is 0.428. The van der Waals surface area contributed by atoms with Gasteiger partial charge in [-0.05, 0) is 13.8 Å². The Balaban J connectivity index is 2.92. The quantitative estimate of drug-likeness (QED) is 0.650. The van der Waals surface area contributed by atoms with Crippen LogP contribution in [0.1, 0.15) is 24.3 Å². The topological polar surface area (TPSA) is 46.1 Å². The maximum absolute atomic E-state index is 10.4. The summed E-state index contributed by atoms with van der Waals surface area (Å²) >= 11 is 0. The minimum Gasteiger partial charge on any atom is -0.357 e. The lowest BCUT2D eigenvalue weighted by Crippen LogP contribution is -2.23. The predicted octanol–water partition coefficient (Wildman–Crippen LogP) is 1.14. The molecule has 0 unspecified atom stereocenters. The molecule has 1 rings (SSSR count). The van der Waals surface area contributed by atoms with Crippen LogP contribution in [0.25, 0.3) is 0 Å². The molecule has 0 radical (unpaired) electrons. The summed E-state index contributed by atoms with van der Waals surface area (Å²) in [5.41, 5.74) is 0.428. The van der Waals surface area contributed by atoms with Crippen LogP contribution >= 0.6 is 0 Å². The molecule has 0 atom stereocenters. The Bertz CT molecular complexity index is 284. The van der Waals surface area contributed by atoms with Crippen LogP contribution in [-0.2, 0) is 0 Å². The Kier molecular flexibility index (Phi) is 3.37. The van der Waals surface area contributed by atoms with E-state index in [-0.39, 0.29) is 0 Å². The molecular weight excluding hydrogens is 166 g/mol. The van der Waals surface area contributed by atoms with Crippen LogP contribution in [0.4, 0.5) is 5.82 Å². The van der Waals surface area contributed by atoms with Crippen molar-refractivity contribution in [1.82, 2.24) is 9.97 Å². The second-order valence-electron chi connectivity index (χ2n) is 2.59. The van der Waals surface area contributed by atoms with E-state index >= 15 is 0 Å². The van der Waals surface area contributed by atoms with E-state index in [4.69, 9.17) is 0 Å². The monoisotopic (exact) mass is 179 g/mol. The fourth-order valence-corrected chi connectivity index (χ4v) is 1.15. The van der Waals surface area contributed by atoms with E-state index in [0.717, 1.165) is 25.2 Å². The van der Waals surface area contributed by atoms with Crippen molar-refractivity contribution in [2.75, 3.05) is 18.0 Å². The summed E-state index contributed by atoms with van der Waals surface area (Å²) in [5.74, 6) is 0.808. The van der Waals surface area contributed by atoms with E-state index in [2.05, 4.69) is 14.9 Å². The van der Waals surface area contributed by atoms with Crippen LogP contribution in [0.3, 0.4) is 0 Å². The van der Waals surface area contributed by atoms with E-state index < -0.39 is 0 Å². The molecule has 70 valence electrons. The third-order valence-corrected chi connectivity index (χ3v) is 1.88. The highest BCUT2D eigenvalue weighted by Crippen LogP contribution is 2.08. The van der Waals surface area contributed by atoms with Crippen molar-refractivity contribution in [2.24, 2.45) is 0 Å². The number of carbonyl (C=O) groups excluding carboxylic acids is 1. The first-order valence-electron chi connectivity index (χ1n) is 4.34. The largest absolute Gasteiger partial charge is 0.357 e. The summed E-state index contributed by atoms with van der Waals surface area (Å²) in [5, 5.41) is 0. The number of hydrogen-bond acceptors (Lipinski definition) is 4. The average molecular weight is 179 g/mol. The zero-order valence-electron chi connectivity index (χ0n) is 7.90. The van der Waals surface area contributed by atoms with Gasteiger partial charge < -0.3 is 4.90 Å². The third kappa shape index (κ3) is 2.24. The van der Waals surface area contributed by atoms with E-state index in [1.165, 1.54) is 6.33 Å². The summed E-state index contributed by atoms with van der Waals surface area (Å²) in [6.45, 7) is 5.86. The van der Waals surface area contributed by atoms with Gasteiger partial charge in [0.2, 0.25) is 0 Å². The van der Waals surface area contributed by atoms with Gasteiger partial charge in [-0.15, -0.1) is 0 Å². The van der Waals surface area contributed by atoms with E-state index in [9.17, 15) is 4.79 Å².